The van der Waals surface area contributed by atoms with Gasteiger partial charge in [-0.15, -0.1) is 0 Å². The van der Waals surface area contributed by atoms with Gasteiger partial charge in [-0.2, -0.15) is 0 Å². The standard InChI is InChI=1S/C10H23O2P/c1-3-10(4-2)8-6-5-7-9-13(11)12/h10-12H,3-9H2,1-2H3. The van der Waals surface area contributed by atoms with E-state index in [1.165, 1.54) is 25.7 Å². The molecule has 0 amide bonds. The molecule has 0 aliphatic carbocycles. The predicted molar refractivity (Wildman–Crippen MR) is 58.8 cm³/mol. The fourth-order valence-electron chi connectivity index (χ4n) is 1.56. The summed E-state index contributed by atoms with van der Waals surface area (Å²) in [6.07, 6.45) is 7.83. The van der Waals surface area contributed by atoms with Crippen LogP contribution < -0.4 is 0 Å². The molecular formula is C10H23O2P. The average Bonchev–Trinajstić information content (AvgIpc) is 2.11. The molecule has 0 aliphatic rings. The largest absolute Gasteiger partial charge is 0.350 e. The van der Waals surface area contributed by atoms with Gasteiger partial charge in [-0.25, -0.2) is 0 Å². The summed E-state index contributed by atoms with van der Waals surface area (Å²) in [5, 5.41) is 0. The van der Waals surface area contributed by atoms with E-state index >= 15 is 0 Å². The minimum absolute atomic E-state index is 0.595. The molecule has 0 aliphatic heterocycles. The third-order valence-electron chi connectivity index (χ3n) is 2.63. The summed E-state index contributed by atoms with van der Waals surface area (Å²) in [5.41, 5.74) is 0. The summed E-state index contributed by atoms with van der Waals surface area (Å²) in [6, 6.07) is 0. The van der Waals surface area contributed by atoms with Crippen LogP contribution in [-0.4, -0.2) is 15.9 Å². The topological polar surface area (TPSA) is 40.5 Å². The molecule has 0 saturated carbocycles. The minimum atomic E-state index is -1.64. The zero-order chi connectivity index (χ0) is 10.1. The van der Waals surface area contributed by atoms with E-state index in [9.17, 15) is 0 Å². The molecule has 0 rings (SSSR count). The molecule has 0 radical (unpaired) electrons. The lowest BCUT2D eigenvalue weighted by Crippen LogP contribution is -1.96. The minimum Gasteiger partial charge on any atom is -0.350 e. The van der Waals surface area contributed by atoms with Gasteiger partial charge in [0.25, 0.3) is 0 Å². The molecule has 3 heteroatoms. The molecule has 2 N–H and O–H groups in total. The fraction of sp³-hybridized carbons (Fsp3) is 1.00. The summed E-state index contributed by atoms with van der Waals surface area (Å²) in [6.45, 7) is 4.49. The first kappa shape index (κ1) is 13.4. The highest BCUT2D eigenvalue weighted by molar-refractivity contribution is 7.45. The van der Waals surface area contributed by atoms with Gasteiger partial charge < -0.3 is 9.79 Å². The van der Waals surface area contributed by atoms with Gasteiger partial charge in [0.1, 0.15) is 0 Å². The van der Waals surface area contributed by atoms with E-state index in [-0.39, 0.29) is 0 Å². The van der Waals surface area contributed by atoms with E-state index in [4.69, 9.17) is 9.79 Å². The van der Waals surface area contributed by atoms with Crippen molar-refractivity contribution in [3.8, 4) is 0 Å². The van der Waals surface area contributed by atoms with Crippen LogP contribution in [0.1, 0.15) is 52.4 Å². The Morgan fingerprint density at radius 1 is 1.00 bits per heavy atom. The lowest BCUT2D eigenvalue weighted by atomic mass is 9.96. The average molecular weight is 206 g/mol. The summed E-state index contributed by atoms with van der Waals surface area (Å²) in [4.78, 5) is 17.3. The SMILES string of the molecule is CCC(CC)CCCCCP(O)O. The van der Waals surface area contributed by atoms with Crippen LogP contribution in [0.3, 0.4) is 0 Å². The highest BCUT2D eigenvalue weighted by Gasteiger charge is 2.03. The first-order chi connectivity index (χ1) is 6.20. The van der Waals surface area contributed by atoms with Crippen molar-refractivity contribution in [2.24, 2.45) is 5.92 Å². The Morgan fingerprint density at radius 3 is 2.08 bits per heavy atom. The third-order valence-corrected chi connectivity index (χ3v) is 3.34. The van der Waals surface area contributed by atoms with Crippen molar-refractivity contribution in [2.45, 2.75) is 52.4 Å². The van der Waals surface area contributed by atoms with Crippen LogP contribution >= 0.6 is 8.38 Å². The van der Waals surface area contributed by atoms with Crippen LogP contribution in [-0.2, 0) is 0 Å². The van der Waals surface area contributed by atoms with Crippen LogP contribution in [0.25, 0.3) is 0 Å². The van der Waals surface area contributed by atoms with Gasteiger partial charge in [0, 0.05) is 6.16 Å². The number of hydrogen-bond donors (Lipinski definition) is 2. The first-order valence-electron chi connectivity index (χ1n) is 5.36. The van der Waals surface area contributed by atoms with Gasteiger partial charge in [0.15, 0.2) is 8.38 Å². The Kier molecular flexibility index (Phi) is 9.17. The van der Waals surface area contributed by atoms with Gasteiger partial charge in [0.2, 0.25) is 0 Å². The van der Waals surface area contributed by atoms with Crippen LogP contribution in [0.15, 0.2) is 0 Å². The molecule has 0 unspecified atom stereocenters. The molecule has 2 nitrogen and oxygen atoms in total. The Balaban J connectivity index is 3.14. The maximum absolute atomic E-state index is 8.67. The van der Waals surface area contributed by atoms with Gasteiger partial charge in [0.05, 0.1) is 0 Å². The van der Waals surface area contributed by atoms with Crippen molar-refractivity contribution < 1.29 is 9.79 Å². The Hall–Kier alpha value is 0.350. The molecule has 0 aromatic carbocycles. The summed E-state index contributed by atoms with van der Waals surface area (Å²) in [7, 11) is -1.64. The second kappa shape index (κ2) is 8.93. The lowest BCUT2D eigenvalue weighted by molar-refractivity contribution is 0.430. The molecule has 0 heterocycles. The van der Waals surface area contributed by atoms with Gasteiger partial charge in [-0.1, -0.05) is 46.0 Å². The summed E-state index contributed by atoms with van der Waals surface area (Å²) >= 11 is 0. The monoisotopic (exact) mass is 206 g/mol. The fourth-order valence-corrected chi connectivity index (χ4v) is 2.07. The molecule has 0 saturated heterocycles. The zero-order valence-corrected chi connectivity index (χ0v) is 9.76. The first-order valence-corrected chi connectivity index (χ1v) is 6.79. The maximum Gasteiger partial charge on any atom is 0.164 e. The zero-order valence-electron chi connectivity index (χ0n) is 8.87. The van der Waals surface area contributed by atoms with Crippen molar-refractivity contribution in [3.63, 3.8) is 0 Å². The van der Waals surface area contributed by atoms with Crippen molar-refractivity contribution in [3.05, 3.63) is 0 Å². The predicted octanol–water partition coefficient (Wildman–Crippen LogP) is 3.28. The van der Waals surface area contributed by atoms with E-state index in [1.54, 1.807) is 0 Å². The van der Waals surface area contributed by atoms with Gasteiger partial charge >= 0.3 is 0 Å². The third kappa shape index (κ3) is 8.67. The number of rotatable bonds is 8. The summed E-state index contributed by atoms with van der Waals surface area (Å²) < 4.78 is 0. The molecule has 0 aromatic heterocycles. The van der Waals surface area contributed by atoms with Crippen molar-refractivity contribution in [1.82, 2.24) is 0 Å². The highest BCUT2D eigenvalue weighted by atomic mass is 31.2. The van der Waals surface area contributed by atoms with Crippen LogP contribution in [0, 0.1) is 5.92 Å². The van der Waals surface area contributed by atoms with Gasteiger partial charge in [-0.05, 0) is 12.3 Å². The molecule has 80 valence electrons. The number of hydrogen-bond acceptors (Lipinski definition) is 2. The van der Waals surface area contributed by atoms with Crippen LogP contribution in [0.4, 0.5) is 0 Å². The van der Waals surface area contributed by atoms with E-state index in [1.807, 2.05) is 0 Å². The van der Waals surface area contributed by atoms with Crippen LogP contribution in [0.5, 0.6) is 0 Å². The lowest BCUT2D eigenvalue weighted by Gasteiger charge is -2.11. The highest BCUT2D eigenvalue weighted by Crippen LogP contribution is 2.25. The van der Waals surface area contributed by atoms with Crippen molar-refractivity contribution in [1.29, 1.82) is 0 Å². The second-order valence-electron chi connectivity index (χ2n) is 3.63. The second-order valence-corrected chi connectivity index (χ2v) is 4.82. The Bertz CT molecular complexity index is 103. The molecule has 0 fully saturated rings. The van der Waals surface area contributed by atoms with E-state index in [0.717, 1.165) is 18.8 Å². The molecule has 13 heavy (non-hydrogen) atoms. The molecular weight excluding hydrogens is 183 g/mol. The van der Waals surface area contributed by atoms with Crippen molar-refractivity contribution >= 4 is 8.38 Å². The van der Waals surface area contributed by atoms with E-state index in [2.05, 4.69) is 13.8 Å². The Morgan fingerprint density at radius 2 is 1.62 bits per heavy atom. The molecule has 0 bridgehead atoms. The smallest absolute Gasteiger partial charge is 0.164 e. The Labute approximate surface area is 83.3 Å². The van der Waals surface area contributed by atoms with E-state index < -0.39 is 8.38 Å². The summed E-state index contributed by atoms with van der Waals surface area (Å²) in [5.74, 6) is 0.879. The van der Waals surface area contributed by atoms with Gasteiger partial charge in [-0.3, -0.25) is 0 Å². The molecule has 0 atom stereocenters. The maximum atomic E-state index is 8.67. The van der Waals surface area contributed by atoms with E-state index in [0.29, 0.717) is 6.16 Å². The molecule has 0 aromatic rings. The van der Waals surface area contributed by atoms with Crippen molar-refractivity contribution in [2.75, 3.05) is 6.16 Å². The van der Waals surface area contributed by atoms with Crippen LogP contribution in [0.2, 0.25) is 0 Å². The molecule has 0 spiro atoms. The quantitative estimate of drug-likeness (QED) is 0.472. The number of unbranched alkanes of at least 4 members (excludes halogenated alkanes) is 2. The normalized spacial score (nSPS) is 11.5.